The Morgan fingerprint density at radius 1 is 1.00 bits per heavy atom. The van der Waals surface area contributed by atoms with E-state index in [1.807, 2.05) is 59.2 Å². The molecule has 0 spiro atoms. The Morgan fingerprint density at radius 3 is 2.50 bits per heavy atom. The summed E-state index contributed by atoms with van der Waals surface area (Å²) in [5.41, 5.74) is 1.87. The number of rotatable bonds is 9. The molecule has 1 aromatic heterocycles. The molecule has 0 aliphatic rings. The lowest BCUT2D eigenvalue weighted by Crippen LogP contribution is -2.15. The molecular weight excluding hydrogens is 388 g/mol. The van der Waals surface area contributed by atoms with Gasteiger partial charge in [0.15, 0.2) is 5.16 Å². The summed E-state index contributed by atoms with van der Waals surface area (Å²) in [6, 6.07) is 17.9. The van der Waals surface area contributed by atoms with Crippen LogP contribution in [0.15, 0.2) is 64.6 Å². The van der Waals surface area contributed by atoms with E-state index in [0.717, 1.165) is 45.8 Å². The lowest BCUT2D eigenvalue weighted by molar-refractivity contribution is -0.113. The number of hydrogen-bond donors (Lipinski definition) is 1. The molecule has 0 aliphatic carbocycles. The van der Waals surface area contributed by atoms with Crippen LogP contribution in [0.1, 0.15) is 26.1 Å². The van der Waals surface area contributed by atoms with Crippen molar-refractivity contribution >= 4 is 35.1 Å². The van der Waals surface area contributed by atoms with Gasteiger partial charge in [-0.1, -0.05) is 55.9 Å². The van der Waals surface area contributed by atoms with Crippen molar-refractivity contribution in [1.82, 2.24) is 14.8 Å². The topological polar surface area (TPSA) is 59.8 Å². The molecule has 2 aromatic carbocycles. The van der Waals surface area contributed by atoms with Crippen LogP contribution < -0.4 is 5.32 Å². The highest BCUT2D eigenvalue weighted by atomic mass is 32.2. The van der Waals surface area contributed by atoms with E-state index in [2.05, 4.69) is 29.4 Å². The van der Waals surface area contributed by atoms with Gasteiger partial charge in [0.2, 0.25) is 5.91 Å². The first kappa shape index (κ1) is 20.5. The van der Waals surface area contributed by atoms with Crippen molar-refractivity contribution in [1.29, 1.82) is 0 Å². The fraction of sp³-hybridized carbons (Fsp3) is 0.286. The quantitative estimate of drug-likeness (QED) is 0.498. The van der Waals surface area contributed by atoms with Crippen molar-refractivity contribution in [2.75, 3.05) is 16.8 Å². The number of para-hydroxylation sites is 2. The first-order chi connectivity index (χ1) is 13.7. The number of aromatic nitrogens is 3. The Balaban J connectivity index is 1.69. The van der Waals surface area contributed by atoms with Crippen LogP contribution in [0, 0.1) is 0 Å². The van der Waals surface area contributed by atoms with Crippen LogP contribution >= 0.6 is 23.5 Å². The SMILES string of the molecule is CCCSc1ccccc1NC(=O)CSc1nnc(CC)n1-c1ccccc1. The van der Waals surface area contributed by atoms with Gasteiger partial charge in [0, 0.05) is 17.0 Å². The number of hydrogen-bond acceptors (Lipinski definition) is 5. The van der Waals surface area contributed by atoms with Gasteiger partial charge in [-0.25, -0.2) is 0 Å². The first-order valence-electron chi connectivity index (χ1n) is 9.37. The summed E-state index contributed by atoms with van der Waals surface area (Å²) in [4.78, 5) is 13.6. The lowest BCUT2D eigenvalue weighted by Gasteiger charge is -2.11. The number of nitrogens with zero attached hydrogens (tertiary/aromatic N) is 3. The minimum atomic E-state index is -0.0461. The van der Waals surface area contributed by atoms with E-state index in [1.165, 1.54) is 11.8 Å². The monoisotopic (exact) mass is 412 g/mol. The molecular formula is C21H24N4OS2. The number of amides is 1. The molecule has 146 valence electrons. The second-order valence-corrected chi connectivity index (χ2v) is 8.18. The Kier molecular flexibility index (Phi) is 7.56. The van der Waals surface area contributed by atoms with E-state index in [4.69, 9.17) is 0 Å². The summed E-state index contributed by atoms with van der Waals surface area (Å²) >= 11 is 3.16. The normalized spacial score (nSPS) is 10.8. The highest BCUT2D eigenvalue weighted by Crippen LogP contribution is 2.28. The number of anilines is 1. The maximum absolute atomic E-state index is 12.5. The highest BCUT2D eigenvalue weighted by Gasteiger charge is 2.15. The van der Waals surface area contributed by atoms with Crippen LogP contribution in [0.4, 0.5) is 5.69 Å². The fourth-order valence-electron chi connectivity index (χ4n) is 2.68. The smallest absolute Gasteiger partial charge is 0.234 e. The van der Waals surface area contributed by atoms with Gasteiger partial charge in [-0.3, -0.25) is 9.36 Å². The molecule has 3 rings (SSSR count). The van der Waals surface area contributed by atoms with Crippen LogP contribution in [0.2, 0.25) is 0 Å². The number of aryl methyl sites for hydroxylation is 1. The van der Waals surface area contributed by atoms with Crippen molar-refractivity contribution in [2.45, 2.75) is 36.7 Å². The van der Waals surface area contributed by atoms with E-state index in [1.54, 1.807) is 11.8 Å². The van der Waals surface area contributed by atoms with Crippen molar-refractivity contribution in [3.05, 3.63) is 60.4 Å². The van der Waals surface area contributed by atoms with Gasteiger partial charge in [0.05, 0.1) is 11.4 Å². The lowest BCUT2D eigenvalue weighted by atomic mass is 10.3. The van der Waals surface area contributed by atoms with Crippen LogP contribution in [0.5, 0.6) is 0 Å². The third-order valence-corrected chi connectivity index (χ3v) is 6.19. The Bertz CT molecular complexity index is 912. The Hall–Kier alpha value is -2.25. The zero-order chi connectivity index (χ0) is 19.8. The molecule has 0 saturated carbocycles. The number of carbonyl (C=O) groups excluding carboxylic acids is 1. The summed E-state index contributed by atoms with van der Waals surface area (Å²) in [5.74, 6) is 2.15. The Morgan fingerprint density at radius 2 is 1.75 bits per heavy atom. The molecule has 0 unspecified atom stereocenters. The zero-order valence-electron chi connectivity index (χ0n) is 16.1. The molecule has 1 N–H and O–H groups in total. The summed E-state index contributed by atoms with van der Waals surface area (Å²) in [7, 11) is 0. The van der Waals surface area contributed by atoms with Crippen LogP contribution in [-0.4, -0.2) is 32.2 Å². The van der Waals surface area contributed by atoms with E-state index < -0.39 is 0 Å². The van der Waals surface area contributed by atoms with E-state index in [0.29, 0.717) is 0 Å². The average Bonchev–Trinajstić information content (AvgIpc) is 3.15. The van der Waals surface area contributed by atoms with Gasteiger partial charge in [0.1, 0.15) is 5.82 Å². The second-order valence-electron chi connectivity index (χ2n) is 6.10. The van der Waals surface area contributed by atoms with Gasteiger partial charge < -0.3 is 5.32 Å². The third kappa shape index (κ3) is 5.17. The van der Waals surface area contributed by atoms with E-state index in [9.17, 15) is 4.79 Å². The standard InChI is InChI=1S/C21H24N4OS2/c1-3-14-27-18-13-9-8-12-17(18)22-20(26)15-28-21-24-23-19(4-2)25(21)16-10-6-5-7-11-16/h5-13H,3-4,14-15H2,1-2H3,(H,22,26). The minimum absolute atomic E-state index is 0.0461. The highest BCUT2D eigenvalue weighted by molar-refractivity contribution is 8.00. The van der Waals surface area contributed by atoms with Gasteiger partial charge in [-0.05, 0) is 36.4 Å². The molecule has 0 aliphatic heterocycles. The average molecular weight is 413 g/mol. The molecule has 5 nitrogen and oxygen atoms in total. The van der Waals surface area contributed by atoms with Crippen molar-refractivity contribution < 1.29 is 4.79 Å². The maximum Gasteiger partial charge on any atom is 0.234 e. The van der Waals surface area contributed by atoms with Crippen LogP contribution in [-0.2, 0) is 11.2 Å². The van der Waals surface area contributed by atoms with E-state index >= 15 is 0 Å². The second kappa shape index (κ2) is 10.3. The molecule has 0 atom stereocenters. The maximum atomic E-state index is 12.5. The predicted molar refractivity (Wildman–Crippen MR) is 118 cm³/mol. The predicted octanol–water partition coefficient (Wildman–Crippen LogP) is 5.06. The van der Waals surface area contributed by atoms with Gasteiger partial charge >= 0.3 is 0 Å². The minimum Gasteiger partial charge on any atom is -0.324 e. The van der Waals surface area contributed by atoms with Crippen molar-refractivity contribution in [3.8, 4) is 5.69 Å². The molecule has 1 amide bonds. The molecule has 7 heteroatoms. The van der Waals surface area contributed by atoms with Crippen molar-refractivity contribution in [3.63, 3.8) is 0 Å². The fourth-order valence-corrected chi connectivity index (χ4v) is 4.33. The molecule has 28 heavy (non-hydrogen) atoms. The van der Waals surface area contributed by atoms with Gasteiger partial charge in [-0.2, -0.15) is 0 Å². The van der Waals surface area contributed by atoms with Gasteiger partial charge in [-0.15, -0.1) is 22.0 Å². The Labute approximate surface area is 174 Å². The number of carbonyl (C=O) groups is 1. The summed E-state index contributed by atoms with van der Waals surface area (Å²) in [6.07, 6.45) is 1.87. The summed E-state index contributed by atoms with van der Waals surface area (Å²) in [5, 5.41) is 12.3. The molecule has 1 heterocycles. The summed E-state index contributed by atoms with van der Waals surface area (Å²) in [6.45, 7) is 4.20. The molecule has 0 fully saturated rings. The number of thioether (sulfide) groups is 2. The first-order valence-corrected chi connectivity index (χ1v) is 11.3. The molecule has 0 bridgehead atoms. The molecule has 0 saturated heterocycles. The van der Waals surface area contributed by atoms with E-state index in [-0.39, 0.29) is 11.7 Å². The van der Waals surface area contributed by atoms with Crippen LogP contribution in [0.3, 0.4) is 0 Å². The number of nitrogens with one attached hydrogen (secondary N) is 1. The third-order valence-electron chi connectivity index (χ3n) is 3.99. The number of benzene rings is 2. The van der Waals surface area contributed by atoms with Gasteiger partial charge in [0.25, 0.3) is 0 Å². The molecule has 3 aromatic rings. The summed E-state index contributed by atoms with van der Waals surface area (Å²) < 4.78 is 2.02. The largest absolute Gasteiger partial charge is 0.324 e. The van der Waals surface area contributed by atoms with Crippen LogP contribution in [0.25, 0.3) is 5.69 Å². The molecule has 0 radical (unpaired) electrons. The zero-order valence-corrected chi connectivity index (χ0v) is 17.7. The van der Waals surface area contributed by atoms with Crippen molar-refractivity contribution in [2.24, 2.45) is 0 Å².